The Morgan fingerprint density at radius 1 is 0.680 bits per heavy atom. The Balaban J connectivity index is 2.58. The van der Waals surface area contributed by atoms with E-state index in [1.165, 1.54) is 15.9 Å². The smallest absolute Gasteiger partial charge is 0.188 e. The molecular weight excluding hydrogens is 341 g/mol. The number of nitrogens with zero attached hydrogens (tertiary/aromatic N) is 1. The van der Waals surface area contributed by atoms with Crippen molar-refractivity contribution in [3.63, 3.8) is 0 Å². The third-order valence-corrected chi connectivity index (χ3v) is 10.9. The first-order valence-electron chi connectivity index (χ1n) is 8.12. The first-order valence-corrected chi connectivity index (χ1v) is 12.0. The molecule has 0 aromatic heterocycles. The zero-order valence-corrected chi connectivity index (χ0v) is 16.2. The van der Waals surface area contributed by atoms with Gasteiger partial charge in [0.2, 0.25) is 4.63 Å². The maximum Gasteiger partial charge on any atom is 0.236 e. The van der Waals surface area contributed by atoms with Crippen molar-refractivity contribution < 1.29 is 0 Å². The summed E-state index contributed by atoms with van der Waals surface area (Å²) in [6.07, 6.45) is 4.31. The summed E-state index contributed by atoms with van der Waals surface area (Å²) in [6, 6.07) is 34.3. The lowest BCUT2D eigenvalue weighted by atomic mass is 10.4. The second kappa shape index (κ2) is 7.79. The van der Waals surface area contributed by atoms with Gasteiger partial charge in [-0.2, -0.15) is 5.26 Å². The van der Waals surface area contributed by atoms with E-state index in [-0.39, 0.29) is 10.9 Å². The van der Waals surface area contributed by atoms with Gasteiger partial charge in [0.15, 0.2) is 6.07 Å². The number of benzene rings is 3. The second-order valence-corrected chi connectivity index (χ2v) is 11.6. The molecule has 3 rings (SSSR count). The molecule has 0 fully saturated rings. The molecular formula is C22H21NPS+. The van der Waals surface area contributed by atoms with Crippen LogP contribution in [0.15, 0.2) is 91.0 Å². The van der Waals surface area contributed by atoms with Crippen LogP contribution in [0.4, 0.5) is 0 Å². The first kappa shape index (κ1) is 17.6. The summed E-state index contributed by atoms with van der Waals surface area (Å²) in [5, 5.41) is 13.9. The van der Waals surface area contributed by atoms with Crippen LogP contribution in [-0.4, -0.2) is 17.1 Å². The van der Waals surface area contributed by atoms with Crippen molar-refractivity contribution >= 4 is 38.3 Å². The van der Waals surface area contributed by atoms with Gasteiger partial charge in [0.05, 0.1) is 0 Å². The van der Waals surface area contributed by atoms with Gasteiger partial charge in [-0.3, -0.25) is 0 Å². The zero-order valence-electron chi connectivity index (χ0n) is 14.5. The van der Waals surface area contributed by atoms with E-state index in [1.807, 2.05) is 18.2 Å². The van der Waals surface area contributed by atoms with Gasteiger partial charge in [0.25, 0.3) is 0 Å². The van der Waals surface area contributed by atoms with Gasteiger partial charge in [-0.15, -0.1) is 0 Å². The fourth-order valence-corrected chi connectivity index (χ4v) is 10.1. The minimum Gasteiger partial charge on any atom is -0.188 e. The van der Waals surface area contributed by atoms with E-state index in [9.17, 15) is 5.26 Å². The highest BCUT2D eigenvalue weighted by atomic mass is 32.2. The Hall–Kier alpha value is -2.20. The third kappa shape index (κ3) is 3.19. The molecule has 25 heavy (non-hydrogen) atoms. The Morgan fingerprint density at radius 3 is 1.24 bits per heavy atom. The van der Waals surface area contributed by atoms with Crippen molar-refractivity contribution in [2.45, 2.75) is 0 Å². The monoisotopic (exact) mass is 362 g/mol. The summed E-state index contributed by atoms with van der Waals surface area (Å²) in [5.74, 6) is 0. The van der Waals surface area contributed by atoms with E-state index >= 15 is 0 Å². The predicted octanol–water partition coefficient (Wildman–Crippen LogP) is 3.51. The molecule has 3 heteroatoms. The lowest BCUT2D eigenvalue weighted by Gasteiger charge is -2.28. The summed E-state index contributed by atoms with van der Waals surface area (Å²) < 4.78 is 0.996. The molecule has 0 amide bonds. The highest BCUT2D eigenvalue weighted by Crippen LogP contribution is 2.47. The molecule has 0 radical (unpaired) electrons. The first-order chi connectivity index (χ1) is 12.2. The maximum atomic E-state index is 10.2. The minimum absolute atomic E-state index is 0.119. The average molecular weight is 362 g/mol. The molecule has 0 spiro atoms. The topological polar surface area (TPSA) is 23.8 Å². The molecule has 0 aliphatic carbocycles. The molecule has 0 bridgehead atoms. The Bertz CT molecular complexity index is 823. The molecule has 0 aliphatic rings. The van der Waals surface area contributed by atoms with Crippen LogP contribution in [-0.2, 0) is 10.9 Å². The molecule has 0 saturated heterocycles. The highest BCUT2D eigenvalue weighted by molar-refractivity contribution is 8.22. The average Bonchev–Trinajstić information content (AvgIpc) is 2.68. The van der Waals surface area contributed by atoms with Gasteiger partial charge in [-0.1, -0.05) is 91.0 Å². The van der Waals surface area contributed by atoms with E-state index in [4.69, 9.17) is 0 Å². The summed E-state index contributed by atoms with van der Waals surface area (Å²) in [5.41, 5.74) is 0. The van der Waals surface area contributed by atoms with Gasteiger partial charge in [0.1, 0.15) is 12.5 Å². The number of rotatable bonds is 4. The standard InChI is InChI=1S/C22H21NPS/c1-25(2)22(18-23)24(19-12-6-3-7-13-19,20-14-8-4-9-15-20)21-16-10-5-11-17-21/h3-17H,1-2H3/q+1. The molecule has 3 aromatic carbocycles. The SMILES string of the molecule is C[S+](C)C(C#N)=P(c1ccccc1)(c1ccccc1)c1ccccc1. The second-order valence-electron chi connectivity index (χ2n) is 5.91. The van der Waals surface area contributed by atoms with Crippen molar-refractivity contribution in [3.8, 4) is 6.07 Å². The number of nitriles is 1. The molecule has 0 atom stereocenters. The summed E-state index contributed by atoms with van der Waals surface area (Å²) >= 11 is 0. The fourth-order valence-electron chi connectivity index (χ4n) is 3.19. The third-order valence-electron chi connectivity index (χ3n) is 4.22. The van der Waals surface area contributed by atoms with Crippen LogP contribution in [0.5, 0.6) is 0 Å². The van der Waals surface area contributed by atoms with Gasteiger partial charge >= 0.3 is 0 Å². The van der Waals surface area contributed by atoms with Crippen molar-refractivity contribution in [1.29, 1.82) is 5.26 Å². The van der Waals surface area contributed by atoms with Gasteiger partial charge in [-0.05, 0) is 15.9 Å². The van der Waals surface area contributed by atoms with E-state index in [2.05, 4.69) is 91.4 Å². The van der Waals surface area contributed by atoms with Gasteiger partial charge in [0, 0.05) is 17.8 Å². The Kier molecular flexibility index (Phi) is 5.49. The predicted molar refractivity (Wildman–Crippen MR) is 115 cm³/mol. The fraction of sp³-hybridized carbons (Fsp3) is 0.0909. The molecule has 0 N–H and O–H groups in total. The highest BCUT2D eigenvalue weighted by Gasteiger charge is 2.36. The normalized spacial score (nSPS) is 11.1. The van der Waals surface area contributed by atoms with Crippen molar-refractivity contribution in [3.05, 3.63) is 91.0 Å². The van der Waals surface area contributed by atoms with Crippen LogP contribution in [0.25, 0.3) is 0 Å². The largest absolute Gasteiger partial charge is 0.236 e. The van der Waals surface area contributed by atoms with E-state index in [0.717, 1.165) is 4.63 Å². The summed E-state index contributed by atoms with van der Waals surface area (Å²) in [7, 11) is -0.119. The van der Waals surface area contributed by atoms with Crippen LogP contribution >= 0.6 is 6.89 Å². The lowest BCUT2D eigenvalue weighted by Crippen LogP contribution is -2.32. The lowest BCUT2D eigenvalue weighted by molar-refractivity contribution is 1.56. The van der Waals surface area contributed by atoms with E-state index in [0.29, 0.717) is 0 Å². The van der Waals surface area contributed by atoms with Crippen molar-refractivity contribution in [1.82, 2.24) is 0 Å². The van der Waals surface area contributed by atoms with Crippen LogP contribution in [0.2, 0.25) is 0 Å². The summed E-state index contributed by atoms with van der Waals surface area (Å²) in [6.45, 7) is -2.15. The van der Waals surface area contributed by atoms with E-state index in [1.54, 1.807) is 0 Å². The van der Waals surface area contributed by atoms with Crippen molar-refractivity contribution in [2.75, 3.05) is 12.5 Å². The van der Waals surface area contributed by atoms with Crippen LogP contribution in [0, 0.1) is 11.3 Å². The molecule has 0 unspecified atom stereocenters. The van der Waals surface area contributed by atoms with Crippen LogP contribution in [0.1, 0.15) is 0 Å². The van der Waals surface area contributed by atoms with Crippen LogP contribution < -0.4 is 15.9 Å². The molecule has 124 valence electrons. The van der Waals surface area contributed by atoms with Crippen LogP contribution in [0.3, 0.4) is 0 Å². The Morgan fingerprint density at radius 2 is 1.00 bits per heavy atom. The van der Waals surface area contributed by atoms with Crippen molar-refractivity contribution in [2.24, 2.45) is 0 Å². The molecule has 0 aliphatic heterocycles. The molecule has 0 heterocycles. The van der Waals surface area contributed by atoms with Gasteiger partial charge < -0.3 is 0 Å². The number of hydrogen-bond acceptors (Lipinski definition) is 1. The molecule has 1 nitrogen and oxygen atoms in total. The molecule has 0 saturated carbocycles. The van der Waals surface area contributed by atoms with Gasteiger partial charge in [-0.25, -0.2) is 0 Å². The van der Waals surface area contributed by atoms with E-state index < -0.39 is 6.89 Å². The minimum atomic E-state index is -2.15. The molecule has 3 aromatic rings. The zero-order chi connectivity index (χ0) is 17.7. The maximum absolute atomic E-state index is 10.2. The quantitative estimate of drug-likeness (QED) is 0.515. The number of hydrogen-bond donors (Lipinski definition) is 0. The summed E-state index contributed by atoms with van der Waals surface area (Å²) in [4.78, 5) is 0. The Labute approximate surface area is 153 Å².